The second kappa shape index (κ2) is 4.82. The first-order chi connectivity index (χ1) is 8.90. The summed E-state index contributed by atoms with van der Waals surface area (Å²) in [6.45, 7) is 0. The summed E-state index contributed by atoms with van der Waals surface area (Å²) in [4.78, 5) is 17.6. The van der Waals surface area contributed by atoms with Gasteiger partial charge in [-0.1, -0.05) is 0 Å². The topological polar surface area (TPSA) is 129 Å². The van der Waals surface area contributed by atoms with Crippen molar-refractivity contribution in [2.75, 3.05) is 4.72 Å². The highest BCUT2D eigenvalue weighted by Crippen LogP contribution is 2.24. The summed E-state index contributed by atoms with van der Waals surface area (Å²) >= 11 is 0.851. The van der Waals surface area contributed by atoms with Crippen LogP contribution in [0.3, 0.4) is 0 Å². The number of aromatic carboxylic acids is 1. The zero-order chi connectivity index (χ0) is 14.0. The molecule has 2 heterocycles. The van der Waals surface area contributed by atoms with E-state index in [1.54, 1.807) is 0 Å². The fraction of sp³-hybridized carbons (Fsp3) is 0. The monoisotopic (exact) mass is 301 g/mol. The molecule has 10 heteroatoms. The summed E-state index contributed by atoms with van der Waals surface area (Å²) in [6.07, 6.45) is 0.957. The zero-order valence-electron chi connectivity index (χ0n) is 9.14. The molecule has 19 heavy (non-hydrogen) atoms. The van der Waals surface area contributed by atoms with Gasteiger partial charge in [0, 0.05) is 6.07 Å². The smallest absolute Gasteiger partial charge is 0.357 e. The highest BCUT2D eigenvalue weighted by atomic mass is 32.2. The van der Waals surface area contributed by atoms with E-state index in [0.717, 1.165) is 29.7 Å². The molecule has 3 N–H and O–H groups in total. The molecule has 0 unspecified atom stereocenters. The molecule has 0 radical (unpaired) electrons. The molecule has 0 amide bonds. The number of aromatic nitrogens is 2. The molecule has 0 bridgehead atoms. The number of hydrogen-bond donors (Lipinski definition) is 3. The van der Waals surface area contributed by atoms with Gasteiger partial charge in [0.2, 0.25) is 5.88 Å². The summed E-state index contributed by atoms with van der Waals surface area (Å²) in [5.74, 6) is -1.65. The van der Waals surface area contributed by atoms with Gasteiger partial charge in [-0.2, -0.15) is 0 Å². The molecular weight excluding hydrogens is 294 g/mol. The summed E-state index contributed by atoms with van der Waals surface area (Å²) in [6, 6.07) is 2.26. The second-order valence-corrected chi connectivity index (χ2v) is 5.83. The fourth-order valence-corrected chi connectivity index (χ4v) is 3.12. The van der Waals surface area contributed by atoms with Crippen LogP contribution in [-0.4, -0.2) is 34.6 Å². The number of hydrogen-bond acceptors (Lipinski definition) is 7. The van der Waals surface area contributed by atoms with E-state index >= 15 is 0 Å². The number of pyridine rings is 1. The third kappa shape index (κ3) is 2.80. The van der Waals surface area contributed by atoms with Crippen LogP contribution < -0.4 is 4.72 Å². The standard InChI is InChI=1S/C9H7N3O5S2/c13-6-2-1-5(3-10-6)19(16,17)12-8-7(9(14)15)11-4-18-8/h1-4,12H,(H,10,13)(H,14,15). The van der Waals surface area contributed by atoms with E-state index in [-0.39, 0.29) is 21.5 Å². The quantitative estimate of drug-likeness (QED) is 0.759. The van der Waals surface area contributed by atoms with Crippen molar-refractivity contribution in [1.82, 2.24) is 9.97 Å². The number of sulfonamides is 1. The Labute approximate surface area is 111 Å². The van der Waals surface area contributed by atoms with E-state index in [9.17, 15) is 13.2 Å². The van der Waals surface area contributed by atoms with Crippen LogP contribution in [0, 0.1) is 0 Å². The zero-order valence-corrected chi connectivity index (χ0v) is 10.8. The highest BCUT2D eigenvalue weighted by molar-refractivity contribution is 7.93. The van der Waals surface area contributed by atoms with Crippen molar-refractivity contribution in [1.29, 1.82) is 0 Å². The van der Waals surface area contributed by atoms with Crippen LogP contribution in [-0.2, 0) is 10.0 Å². The number of nitrogens with zero attached hydrogens (tertiary/aromatic N) is 2. The molecule has 0 atom stereocenters. The third-order valence-corrected chi connectivity index (χ3v) is 4.23. The minimum absolute atomic E-state index is 0.0967. The SMILES string of the molecule is O=C(O)c1ncsc1NS(=O)(=O)c1ccc(O)nc1. The number of anilines is 1. The molecule has 0 aliphatic heterocycles. The highest BCUT2D eigenvalue weighted by Gasteiger charge is 2.21. The molecule has 100 valence electrons. The van der Waals surface area contributed by atoms with Gasteiger partial charge in [0.15, 0.2) is 5.69 Å². The van der Waals surface area contributed by atoms with Crippen molar-refractivity contribution in [3.05, 3.63) is 29.5 Å². The Balaban J connectivity index is 2.34. The molecule has 0 saturated carbocycles. The Hall–Kier alpha value is -2.20. The van der Waals surface area contributed by atoms with E-state index in [1.807, 2.05) is 0 Å². The third-order valence-electron chi connectivity index (χ3n) is 2.03. The van der Waals surface area contributed by atoms with Crippen molar-refractivity contribution in [2.24, 2.45) is 0 Å². The maximum Gasteiger partial charge on any atom is 0.357 e. The van der Waals surface area contributed by atoms with Crippen LogP contribution in [0.4, 0.5) is 5.00 Å². The van der Waals surface area contributed by atoms with Gasteiger partial charge in [-0.25, -0.2) is 23.2 Å². The van der Waals surface area contributed by atoms with Crippen molar-refractivity contribution < 1.29 is 23.4 Å². The molecule has 8 nitrogen and oxygen atoms in total. The minimum atomic E-state index is -3.97. The lowest BCUT2D eigenvalue weighted by atomic mass is 10.5. The predicted molar refractivity (Wildman–Crippen MR) is 65.8 cm³/mol. The maximum absolute atomic E-state index is 11.9. The summed E-state index contributed by atoms with van der Waals surface area (Å²) in [5.41, 5.74) is 0.844. The normalized spacial score (nSPS) is 11.2. The van der Waals surface area contributed by atoms with E-state index in [4.69, 9.17) is 10.2 Å². The van der Waals surface area contributed by atoms with Gasteiger partial charge in [-0.15, -0.1) is 11.3 Å². The van der Waals surface area contributed by atoms with E-state index in [1.165, 1.54) is 5.51 Å². The lowest BCUT2D eigenvalue weighted by Crippen LogP contribution is -2.14. The molecule has 2 rings (SSSR count). The Bertz CT molecular complexity index is 708. The van der Waals surface area contributed by atoms with Crippen LogP contribution >= 0.6 is 11.3 Å². The minimum Gasteiger partial charge on any atom is -0.493 e. The number of carboxylic acids is 1. The average Bonchev–Trinajstić information content (AvgIpc) is 2.77. The number of carbonyl (C=O) groups is 1. The van der Waals surface area contributed by atoms with E-state index in [0.29, 0.717) is 0 Å². The molecular formula is C9H7N3O5S2. The number of nitrogens with one attached hydrogen (secondary N) is 1. The van der Waals surface area contributed by atoms with Gasteiger partial charge in [0.05, 0.1) is 11.7 Å². The van der Waals surface area contributed by atoms with Gasteiger partial charge in [-0.05, 0) is 6.07 Å². The lowest BCUT2D eigenvalue weighted by molar-refractivity contribution is 0.0692. The summed E-state index contributed by atoms with van der Waals surface area (Å²) < 4.78 is 26.0. The summed E-state index contributed by atoms with van der Waals surface area (Å²) in [5, 5.41) is 17.7. The van der Waals surface area contributed by atoms with Crippen LogP contribution in [0.1, 0.15) is 10.5 Å². The molecule has 2 aromatic heterocycles. The Morgan fingerprint density at radius 1 is 1.32 bits per heavy atom. The molecule has 0 fully saturated rings. The van der Waals surface area contributed by atoms with Gasteiger partial charge >= 0.3 is 5.97 Å². The molecule has 0 saturated heterocycles. The Morgan fingerprint density at radius 3 is 2.63 bits per heavy atom. The number of thiazole rings is 1. The maximum atomic E-state index is 11.9. The molecule has 2 aromatic rings. The van der Waals surface area contributed by atoms with Gasteiger partial charge < -0.3 is 10.2 Å². The van der Waals surface area contributed by atoms with E-state index in [2.05, 4.69) is 14.7 Å². The average molecular weight is 301 g/mol. The van der Waals surface area contributed by atoms with Crippen molar-refractivity contribution in [3.63, 3.8) is 0 Å². The molecule has 0 aliphatic rings. The fourth-order valence-electron chi connectivity index (χ4n) is 1.18. The number of aromatic hydroxyl groups is 1. The van der Waals surface area contributed by atoms with Crippen LogP contribution in [0.25, 0.3) is 0 Å². The van der Waals surface area contributed by atoms with Crippen LogP contribution in [0.2, 0.25) is 0 Å². The first kappa shape index (κ1) is 13.2. The van der Waals surface area contributed by atoms with Gasteiger partial charge in [0.1, 0.15) is 9.90 Å². The first-order valence-corrected chi connectivity index (χ1v) is 7.11. The first-order valence-electron chi connectivity index (χ1n) is 4.75. The van der Waals surface area contributed by atoms with Crippen molar-refractivity contribution in [2.45, 2.75) is 4.90 Å². The second-order valence-electron chi connectivity index (χ2n) is 3.29. The molecule has 0 aromatic carbocycles. The van der Waals surface area contributed by atoms with Crippen LogP contribution in [0.5, 0.6) is 5.88 Å². The van der Waals surface area contributed by atoms with Gasteiger partial charge in [-0.3, -0.25) is 4.72 Å². The number of carboxylic acid groups (broad SMARTS) is 1. The van der Waals surface area contributed by atoms with Crippen LogP contribution in [0.15, 0.2) is 28.7 Å². The van der Waals surface area contributed by atoms with Gasteiger partial charge in [0.25, 0.3) is 10.0 Å². The Kier molecular flexibility index (Phi) is 3.36. The van der Waals surface area contributed by atoms with Crippen molar-refractivity contribution in [3.8, 4) is 5.88 Å². The van der Waals surface area contributed by atoms with E-state index < -0.39 is 16.0 Å². The Morgan fingerprint density at radius 2 is 2.05 bits per heavy atom. The van der Waals surface area contributed by atoms with Crippen molar-refractivity contribution >= 4 is 32.3 Å². The predicted octanol–water partition coefficient (Wildman–Crippen LogP) is 0.743. The summed E-state index contributed by atoms with van der Waals surface area (Å²) in [7, 11) is -3.97. The molecule has 0 spiro atoms. The molecule has 0 aliphatic carbocycles. The largest absolute Gasteiger partial charge is 0.493 e. The lowest BCUT2D eigenvalue weighted by Gasteiger charge is -2.05. The number of rotatable bonds is 4.